The second-order valence-corrected chi connectivity index (χ2v) is 10.2. The first kappa shape index (κ1) is 18.8. The van der Waals surface area contributed by atoms with E-state index in [0.29, 0.717) is 24.3 Å². The summed E-state index contributed by atoms with van der Waals surface area (Å²) >= 11 is 0. The molecule has 0 radical (unpaired) electrons. The Morgan fingerprint density at radius 1 is 1.33 bits per heavy atom. The molecule has 1 amide bonds. The molecule has 0 saturated carbocycles. The van der Waals surface area contributed by atoms with Gasteiger partial charge in [-0.3, -0.25) is 15.0 Å². The second-order valence-electron chi connectivity index (χ2n) is 7.95. The van der Waals surface area contributed by atoms with Crippen molar-refractivity contribution >= 4 is 21.7 Å². The Balaban J connectivity index is 1.37. The van der Waals surface area contributed by atoms with E-state index in [-0.39, 0.29) is 29.8 Å². The molecule has 2 saturated heterocycles. The van der Waals surface area contributed by atoms with Gasteiger partial charge in [0.1, 0.15) is 5.82 Å². The molecular weight excluding hydrogens is 370 g/mol. The normalized spacial score (nSPS) is 30.8. The van der Waals surface area contributed by atoms with Gasteiger partial charge in [-0.25, -0.2) is 13.1 Å². The van der Waals surface area contributed by atoms with Gasteiger partial charge in [-0.05, 0) is 18.3 Å². The molecule has 0 spiro atoms. The largest absolute Gasteiger partial charge is 0.379 e. The number of ether oxygens (including phenoxy) is 1. The van der Waals surface area contributed by atoms with E-state index in [2.05, 4.69) is 27.2 Å². The Kier molecular flexibility index (Phi) is 5.21. The first-order valence-corrected chi connectivity index (χ1v) is 11.5. The zero-order chi connectivity index (χ0) is 19.0. The minimum atomic E-state index is -2.97. The smallest absolute Gasteiger partial charge is 0.248 e. The van der Waals surface area contributed by atoms with Gasteiger partial charge in [0, 0.05) is 32.0 Å². The third-order valence-electron chi connectivity index (χ3n) is 5.84. The molecule has 0 aliphatic carbocycles. The van der Waals surface area contributed by atoms with Gasteiger partial charge in [0.2, 0.25) is 11.9 Å². The Hall–Kier alpha value is -1.52. The lowest BCUT2D eigenvalue weighted by molar-refractivity contribution is -0.116. The van der Waals surface area contributed by atoms with Crippen LogP contribution in [0.3, 0.4) is 0 Å². The highest BCUT2D eigenvalue weighted by atomic mass is 32.2. The summed E-state index contributed by atoms with van der Waals surface area (Å²) < 4.78 is 30.4. The summed E-state index contributed by atoms with van der Waals surface area (Å²) in [6, 6.07) is 0.398. The zero-order valence-electron chi connectivity index (χ0n) is 15.6. The van der Waals surface area contributed by atoms with E-state index in [1.54, 1.807) is 0 Å². The van der Waals surface area contributed by atoms with Gasteiger partial charge in [-0.1, -0.05) is 6.92 Å². The first-order chi connectivity index (χ1) is 12.9. The molecule has 3 aliphatic rings. The number of fused-ring (bicyclic) bond motifs is 1. The van der Waals surface area contributed by atoms with Gasteiger partial charge < -0.3 is 4.74 Å². The highest BCUT2D eigenvalue weighted by molar-refractivity contribution is 7.91. The number of aromatic nitrogens is 3. The minimum absolute atomic E-state index is 0.0991. The van der Waals surface area contributed by atoms with E-state index in [1.807, 2.05) is 4.68 Å². The number of anilines is 1. The lowest BCUT2D eigenvalue weighted by Crippen LogP contribution is -2.50. The summed E-state index contributed by atoms with van der Waals surface area (Å²) in [6.45, 7) is 6.41. The van der Waals surface area contributed by atoms with Gasteiger partial charge >= 0.3 is 0 Å². The minimum Gasteiger partial charge on any atom is -0.379 e. The molecule has 0 aromatic carbocycles. The predicted molar refractivity (Wildman–Crippen MR) is 99.1 cm³/mol. The fraction of sp³-hybridized carbons (Fsp3) is 0.824. The van der Waals surface area contributed by atoms with Crippen molar-refractivity contribution in [3.05, 3.63) is 5.82 Å². The van der Waals surface area contributed by atoms with Crippen LogP contribution < -0.4 is 5.32 Å². The summed E-state index contributed by atoms with van der Waals surface area (Å²) in [7, 11) is -2.97. The SMILES string of the molecule is CC1Cc2nc(NC(=O)CC3CCS(=O)(=O)C3)nn2CC1N1CCOCC1. The van der Waals surface area contributed by atoms with Crippen LogP contribution in [0, 0.1) is 11.8 Å². The standard InChI is InChI=1S/C17H27N5O4S/c1-12-8-15-18-17(19-16(23)9-13-2-7-27(24,25)11-13)20-22(15)10-14(12)21-3-5-26-6-4-21/h12-14H,2-11H2,1H3,(H,19,20,23). The molecule has 9 nitrogen and oxygen atoms in total. The number of carbonyl (C=O) groups is 1. The van der Waals surface area contributed by atoms with E-state index >= 15 is 0 Å². The summed E-state index contributed by atoms with van der Waals surface area (Å²) in [6.07, 6.45) is 1.59. The fourth-order valence-electron chi connectivity index (χ4n) is 4.36. The number of nitrogens with zero attached hydrogens (tertiary/aromatic N) is 4. The van der Waals surface area contributed by atoms with Crippen molar-refractivity contribution in [2.24, 2.45) is 11.8 Å². The molecule has 3 unspecified atom stereocenters. The van der Waals surface area contributed by atoms with Gasteiger partial charge in [-0.2, -0.15) is 4.98 Å². The summed E-state index contributed by atoms with van der Waals surface area (Å²) in [5.41, 5.74) is 0. The molecule has 150 valence electrons. The number of morpholine rings is 1. The molecule has 3 atom stereocenters. The maximum atomic E-state index is 12.3. The van der Waals surface area contributed by atoms with E-state index in [0.717, 1.165) is 45.1 Å². The fourth-order valence-corrected chi connectivity index (χ4v) is 6.22. The van der Waals surface area contributed by atoms with Crippen LogP contribution >= 0.6 is 0 Å². The van der Waals surface area contributed by atoms with Gasteiger partial charge in [0.15, 0.2) is 9.84 Å². The molecule has 2 fully saturated rings. The quantitative estimate of drug-likeness (QED) is 0.758. The number of nitrogens with one attached hydrogen (secondary N) is 1. The molecule has 1 N–H and O–H groups in total. The van der Waals surface area contributed by atoms with Crippen molar-refractivity contribution < 1.29 is 17.9 Å². The number of hydrogen-bond donors (Lipinski definition) is 1. The Morgan fingerprint density at radius 2 is 2.11 bits per heavy atom. The topological polar surface area (TPSA) is 106 Å². The van der Waals surface area contributed by atoms with Crippen molar-refractivity contribution in [3.8, 4) is 0 Å². The summed E-state index contributed by atoms with van der Waals surface area (Å²) in [4.78, 5) is 19.2. The van der Waals surface area contributed by atoms with Crippen LogP contribution in [0.1, 0.15) is 25.6 Å². The van der Waals surface area contributed by atoms with E-state index in [9.17, 15) is 13.2 Å². The maximum Gasteiger partial charge on any atom is 0.248 e. The van der Waals surface area contributed by atoms with E-state index in [4.69, 9.17) is 4.74 Å². The van der Waals surface area contributed by atoms with Crippen LogP contribution in [0.5, 0.6) is 0 Å². The molecule has 4 rings (SSSR count). The highest BCUT2D eigenvalue weighted by Gasteiger charge is 2.33. The average molecular weight is 398 g/mol. The number of amides is 1. The third kappa shape index (κ3) is 4.33. The number of hydrogen-bond acceptors (Lipinski definition) is 7. The van der Waals surface area contributed by atoms with Crippen molar-refractivity contribution in [3.63, 3.8) is 0 Å². The Morgan fingerprint density at radius 3 is 2.81 bits per heavy atom. The van der Waals surface area contributed by atoms with Crippen LogP contribution in [0.15, 0.2) is 0 Å². The van der Waals surface area contributed by atoms with Crippen LogP contribution in [0.2, 0.25) is 0 Å². The van der Waals surface area contributed by atoms with Gasteiger partial charge in [0.25, 0.3) is 0 Å². The van der Waals surface area contributed by atoms with Crippen molar-refractivity contribution in [1.82, 2.24) is 19.7 Å². The van der Waals surface area contributed by atoms with E-state index < -0.39 is 9.84 Å². The number of rotatable bonds is 4. The van der Waals surface area contributed by atoms with Crippen LogP contribution in [0.25, 0.3) is 0 Å². The van der Waals surface area contributed by atoms with Crippen molar-refractivity contribution in [1.29, 1.82) is 0 Å². The molecule has 10 heteroatoms. The zero-order valence-corrected chi connectivity index (χ0v) is 16.4. The average Bonchev–Trinajstić information content (AvgIpc) is 3.16. The molecule has 4 heterocycles. The van der Waals surface area contributed by atoms with Crippen LogP contribution in [-0.4, -0.2) is 77.8 Å². The summed E-state index contributed by atoms with van der Waals surface area (Å²) in [5.74, 6) is 1.66. The molecule has 1 aromatic rings. The van der Waals surface area contributed by atoms with Crippen molar-refractivity contribution in [2.75, 3.05) is 43.1 Å². The molecule has 0 bridgehead atoms. The Labute approximate surface area is 159 Å². The molecular formula is C17H27N5O4S. The Bertz CT molecular complexity index is 802. The van der Waals surface area contributed by atoms with E-state index in [1.165, 1.54) is 0 Å². The van der Waals surface area contributed by atoms with Gasteiger partial charge in [-0.15, -0.1) is 5.10 Å². The number of carbonyl (C=O) groups excluding carboxylic acids is 1. The second kappa shape index (κ2) is 7.48. The lowest BCUT2D eigenvalue weighted by atomic mass is 9.93. The maximum absolute atomic E-state index is 12.3. The number of sulfone groups is 1. The van der Waals surface area contributed by atoms with Crippen LogP contribution in [-0.2, 0) is 32.3 Å². The van der Waals surface area contributed by atoms with Crippen LogP contribution in [0.4, 0.5) is 5.95 Å². The summed E-state index contributed by atoms with van der Waals surface area (Å²) in [5, 5.41) is 7.22. The lowest BCUT2D eigenvalue weighted by Gasteiger charge is -2.40. The van der Waals surface area contributed by atoms with Gasteiger partial charge in [0.05, 0.1) is 31.3 Å². The highest BCUT2D eigenvalue weighted by Crippen LogP contribution is 2.25. The molecule has 27 heavy (non-hydrogen) atoms. The third-order valence-corrected chi connectivity index (χ3v) is 7.67. The van der Waals surface area contributed by atoms with Crippen molar-refractivity contribution in [2.45, 2.75) is 38.8 Å². The monoisotopic (exact) mass is 397 g/mol. The molecule has 1 aromatic heterocycles. The molecule has 3 aliphatic heterocycles. The predicted octanol–water partition coefficient (Wildman–Crippen LogP) is -0.0656. The first-order valence-electron chi connectivity index (χ1n) is 9.65.